The number of nitrogens with zero attached hydrogens (tertiary/aromatic N) is 1. The fraction of sp³-hybridized carbons (Fsp3) is 0.867. The van der Waals surface area contributed by atoms with Crippen LogP contribution in [0.2, 0.25) is 0 Å². The van der Waals surface area contributed by atoms with Crippen LogP contribution in [0.25, 0.3) is 0 Å². The van der Waals surface area contributed by atoms with E-state index in [1.807, 2.05) is 6.92 Å². The maximum atomic E-state index is 12.0. The maximum Gasteiger partial charge on any atom is 0.303 e. The molecular weight excluding hydrogens is 256 g/mol. The topological polar surface area (TPSA) is 69.6 Å². The molecule has 20 heavy (non-hydrogen) atoms. The Morgan fingerprint density at radius 3 is 2.40 bits per heavy atom. The minimum atomic E-state index is -0.697. The first-order chi connectivity index (χ1) is 9.49. The number of aliphatic carboxylic acids is 1. The van der Waals surface area contributed by atoms with E-state index >= 15 is 0 Å². The molecule has 5 heteroatoms. The quantitative estimate of drug-likeness (QED) is 0.776. The summed E-state index contributed by atoms with van der Waals surface area (Å²) < 4.78 is 0. The Morgan fingerprint density at radius 2 is 1.90 bits per heavy atom. The van der Waals surface area contributed by atoms with Gasteiger partial charge < -0.3 is 10.4 Å². The zero-order valence-corrected chi connectivity index (χ0v) is 12.5. The monoisotopic (exact) mass is 282 g/mol. The summed E-state index contributed by atoms with van der Waals surface area (Å²) in [7, 11) is 0. The minimum absolute atomic E-state index is 0.105. The lowest BCUT2D eigenvalue weighted by molar-refractivity contribution is -0.139. The molecule has 0 saturated carbocycles. The third kappa shape index (κ3) is 3.72. The third-order valence-electron chi connectivity index (χ3n) is 4.79. The lowest BCUT2D eigenvalue weighted by Gasteiger charge is -2.38. The van der Waals surface area contributed by atoms with Crippen molar-refractivity contribution in [1.29, 1.82) is 0 Å². The zero-order chi connectivity index (χ0) is 14.7. The van der Waals surface area contributed by atoms with Crippen LogP contribution in [0.5, 0.6) is 0 Å². The Bertz CT molecular complexity index is 358. The summed E-state index contributed by atoms with van der Waals surface area (Å²) in [4.78, 5) is 25.2. The third-order valence-corrected chi connectivity index (χ3v) is 4.79. The molecule has 3 unspecified atom stereocenters. The van der Waals surface area contributed by atoms with Crippen LogP contribution in [-0.4, -0.2) is 46.6 Å². The van der Waals surface area contributed by atoms with Crippen molar-refractivity contribution in [3.63, 3.8) is 0 Å². The minimum Gasteiger partial charge on any atom is -0.481 e. The number of carboxylic acid groups (broad SMARTS) is 1. The van der Waals surface area contributed by atoms with E-state index in [4.69, 9.17) is 5.11 Å². The average molecular weight is 282 g/mol. The summed E-state index contributed by atoms with van der Waals surface area (Å²) in [6, 6.07) is 1.03. The van der Waals surface area contributed by atoms with Gasteiger partial charge in [-0.05, 0) is 44.9 Å². The number of carboxylic acids is 1. The van der Waals surface area contributed by atoms with Crippen molar-refractivity contribution in [1.82, 2.24) is 10.2 Å². The van der Waals surface area contributed by atoms with Gasteiger partial charge in [0.25, 0.3) is 0 Å². The Morgan fingerprint density at radius 1 is 1.30 bits per heavy atom. The number of fused-ring (bicyclic) bond motifs is 2. The van der Waals surface area contributed by atoms with Crippen LogP contribution in [0.1, 0.15) is 52.4 Å². The number of rotatable bonds is 6. The van der Waals surface area contributed by atoms with Gasteiger partial charge in [0.05, 0.1) is 6.54 Å². The van der Waals surface area contributed by atoms with Crippen molar-refractivity contribution in [3.8, 4) is 0 Å². The van der Waals surface area contributed by atoms with E-state index in [0.717, 1.165) is 32.1 Å². The molecule has 2 aliphatic rings. The van der Waals surface area contributed by atoms with Crippen LogP contribution in [-0.2, 0) is 9.59 Å². The molecule has 2 heterocycles. The molecule has 2 bridgehead atoms. The molecule has 2 rings (SSSR count). The molecule has 2 fully saturated rings. The van der Waals surface area contributed by atoms with Crippen LogP contribution in [0.3, 0.4) is 0 Å². The molecule has 1 amide bonds. The molecule has 0 aromatic heterocycles. The second kappa shape index (κ2) is 6.57. The largest absolute Gasteiger partial charge is 0.481 e. The smallest absolute Gasteiger partial charge is 0.303 e. The molecule has 2 aliphatic heterocycles. The van der Waals surface area contributed by atoms with Gasteiger partial charge in [0, 0.05) is 24.5 Å². The number of carbonyl (C=O) groups is 2. The van der Waals surface area contributed by atoms with Crippen molar-refractivity contribution in [2.45, 2.75) is 70.5 Å². The number of carbonyl (C=O) groups excluding carboxylic acids is 1. The van der Waals surface area contributed by atoms with Crippen LogP contribution in [0.15, 0.2) is 0 Å². The number of hydrogen-bond donors (Lipinski definition) is 2. The average Bonchev–Trinajstić information content (AvgIpc) is 2.60. The molecule has 0 aromatic carbocycles. The van der Waals surface area contributed by atoms with E-state index in [0.29, 0.717) is 24.5 Å². The van der Waals surface area contributed by atoms with Crippen LogP contribution in [0.4, 0.5) is 0 Å². The Balaban J connectivity index is 1.86. The fourth-order valence-corrected chi connectivity index (χ4v) is 3.65. The summed E-state index contributed by atoms with van der Waals surface area (Å²) >= 11 is 0. The molecule has 114 valence electrons. The maximum absolute atomic E-state index is 12.0. The first-order valence-electron chi connectivity index (χ1n) is 7.76. The summed E-state index contributed by atoms with van der Waals surface area (Å²) in [6.07, 6.45) is 5.30. The Hall–Kier alpha value is -1.10. The normalized spacial score (nSPS) is 31.0. The van der Waals surface area contributed by atoms with Crippen molar-refractivity contribution in [2.75, 3.05) is 6.54 Å². The first-order valence-corrected chi connectivity index (χ1v) is 7.76. The van der Waals surface area contributed by atoms with Gasteiger partial charge in [0.15, 0.2) is 0 Å². The van der Waals surface area contributed by atoms with Gasteiger partial charge in [-0.3, -0.25) is 14.5 Å². The van der Waals surface area contributed by atoms with Gasteiger partial charge in [-0.1, -0.05) is 6.92 Å². The fourth-order valence-electron chi connectivity index (χ4n) is 3.65. The van der Waals surface area contributed by atoms with E-state index in [9.17, 15) is 9.59 Å². The Kier molecular flexibility index (Phi) is 5.02. The van der Waals surface area contributed by atoms with Crippen molar-refractivity contribution >= 4 is 11.9 Å². The predicted molar refractivity (Wildman–Crippen MR) is 76.4 cm³/mol. The predicted octanol–water partition coefficient (Wildman–Crippen LogP) is 1.62. The first kappa shape index (κ1) is 15.3. The van der Waals surface area contributed by atoms with Gasteiger partial charge in [0.2, 0.25) is 5.91 Å². The lowest BCUT2D eigenvalue weighted by atomic mass is 9.88. The highest BCUT2D eigenvalue weighted by Gasteiger charge is 2.41. The zero-order valence-electron chi connectivity index (χ0n) is 12.5. The van der Waals surface area contributed by atoms with Gasteiger partial charge in [-0.2, -0.15) is 0 Å². The van der Waals surface area contributed by atoms with Crippen LogP contribution < -0.4 is 5.32 Å². The summed E-state index contributed by atoms with van der Waals surface area (Å²) in [6.45, 7) is 4.55. The van der Waals surface area contributed by atoms with Crippen LogP contribution >= 0.6 is 0 Å². The highest BCUT2D eigenvalue weighted by atomic mass is 16.4. The van der Waals surface area contributed by atoms with E-state index in [1.165, 1.54) is 0 Å². The molecule has 2 saturated heterocycles. The van der Waals surface area contributed by atoms with Crippen molar-refractivity contribution in [2.24, 2.45) is 5.92 Å². The SMILES string of the molecule is CCC(C)NC(=O)CN1C2CCC1CC(CC(=O)O)C2. The molecule has 0 aliphatic carbocycles. The molecule has 5 nitrogen and oxygen atoms in total. The van der Waals surface area contributed by atoms with Gasteiger partial charge in [0.1, 0.15) is 0 Å². The molecule has 0 aromatic rings. The van der Waals surface area contributed by atoms with Gasteiger partial charge in [-0.25, -0.2) is 0 Å². The summed E-state index contributed by atoms with van der Waals surface area (Å²) in [5.41, 5.74) is 0. The Labute approximate surface area is 120 Å². The number of hydrogen-bond acceptors (Lipinski definition) is 3. The highest BCUT2D eigenvalue weighted by molar-refractivity contribution is 5.78. The second-order valence-electron chi connectivity index (χ2n) is 6.37. The highest BCUT2D eigenvalue weighted by Crippen LogP contribution is 2.39. The number of piperidine rings is 1. The number of nitrogens with one attached hydrogen (secondary N) is 1. The summed E-state index contributed by atoms with van der Waals surface area (Å²) in [5.74, 6) is -0.302. The molecule has 2 N–H and O–H groups in total. The van der Waals surface area contributed by atoms with Gasteiger partial charge in [-0.15, -0.1) is 0 Å². The second-order valence-corrected chi connectivity index (χ2v) is 6.37. The van der Waals surface area contributed by atoms with Gasteiger partial charge >= 0.3 is 5.97 Å². The van der Waals surface area contributed by atoms with E-state index in [-0.39, 0.29) is 18.4 Å². The molecule has 3 atom stereocenters. The molecule has 0 radical (unpaired) electrons. The van der Waals surface area contributed by atoms with E-state index in [1.54, 1.807) is 0 Å². The van der Waals surface area contributed by atoms with Crippen LogP contribution in [0, 0.1) is 5.92 Å². The molecular formula is C15H26N2O3. The number of amides is 1. The lowest BCUT2D eigenvalue weighted by Crippen LogP contribution is -2.49. The standard InChI is InChI=1S/C15H26N2O3/c1-3-10(2)16-14(18)9-17-12-4-5-13(17)7-11(6-12)8-15(19)20/h10-13H,3-9H2,1-2H3,(H,16,18)(H,19,20). The molecule has 0 spiro atoms. The summed E-state index contributed by atoms with van der Waals surface area (Å²) in [5, 5.41) is 11.9. The van der Waals surface area contributed by atoms with Crippen molar-refractivity contribution in [3.05, 3.63) is 0 Å². The van der Waals surface area contributed by atoms with E-state index < -0.39 is 5.97 Å². The van der Waals surface area contributed by atoms with Crippen molar-refractivity contribution < 1.29 is 14.7 Å². The van der Waals surface area contributed by atoms with E-state index in [2.05, 4.69) is 17.1 Å².